The minimum absolute atomic E-state index is 0.0712. The molecule has 1 saturated carbocycles. The molecule has 1 heterocycles. The summed E-state index contributed by atoms with van der Waals surface area (Å²) in [4.78, 5) is 29.7. The first-order valence-corrected chi connectivity index (χ1v) is 7.95. The summed E-state index contributed by atoms with van der Waals surface area (Å²) in [6.07, 6.45) is 3.65. The van der Waals surface area contributed by atoms with E-state index in [4.69, 9.17) is 0 Å². The van der Waals surface area contributed by atoms with Gasteiger partial charge in [0.05, 0.1) is 12.2 Å². The molecule has 124 valence electrons. The first-order valence-electron chi connectivity index (χ1n) is 7.95. The van der Waals surface area contributed by atoms with Crippen LogP contribution >= 0.6 is 0 Å². The normalized spacial score (nSPS) is 13.2. The topological polar surface area (TPSA) is 74.3 Å². The van der Waals surface area contributed by atoms with Gasteiger partial charge in [0.25, 0.3) is 0 Å². The molecule has 1 aromatic carbocycles. The van der Waals surface area contributed by atoms with E-state index >= 15 is 0 Å². The molecule has 6 heteroatoms. The van der Waals surface area contributed by atoms with E-state index in [0.717, 1.165) is 24.2 Å². The van der Waals surface area contributed by atoms with Crippen molar-refractivity contribution in [1.29, 1.82) is 0 Å². The second kappa shape index (κ2) is 7.12. The zero-order valence-corrected chi connectivity index (χ0v) is 13.5. The number of carbonyl (C=O) groups is 2. The SMILES string of the molecule is CN(Cc1ccccn1)C(=O)Nc1ccc(NC(=O)C2CC2)cc1. The van der Waals surface area contributed by atoms with Crippen molar-refractivity contribution in [2.75, 3.05) is 17.7 Å². The van der Waals surface area contributed by atoms with Crippen molar-refractivity contribution >= 4 is 23.3 Å². The van der Waals surface area contributed by atoms with Gasteiger partial charge in [-0.05, 0) is 49.2 Å². The molecule has 0 bridgehead atoms. The number of hydrogen-bond donors (Lipinski definition) is 2. The predicted molar refractivity (Wildman–Crippen MR) is 92.5 cm³/mol. The minimum Gasteiger partial charge on any atom is -0.326 e. The third kappa shape index (κ3) is 4.32. The highest BCUT2D eigenvalue weighted by Crippen LogP contribution is 2.30. The van der Waals surface area contributed by atoms with Gasteiger partial charge in [-0.25, -0.2) is 4.79 Å². The Kier molecular flexibility index (Phi) is 4.74. The number of urea groups is 1. The van der Waals surface area contributed by atoms with Crippen molar-refractivity contribution in [1.82, 2.24) is 9.88 Å². The van der Waals surface area contributed by atoms with Crippen LogP contribution in [0, 0.1) is 5.92 Å². The number of anilines is 2. The average molecular weight is 324 g/mol. The number of pyridine rings is 1. The second-order valence-corrected chi connectivity index (χ2v) is 5.95. The molecular weight excluding hydrogens is 304 g/mol. The fourth-order valence-electron chi connectivity index (χ4n) is 2.25. The van der Waals surface area contributed by atoms with Gasteiger partial charge in [-0.2, -0.15) is 0 Å². The second-order valence-electron chi connectivity index (χ2n) is 5.95. The Morgan fingerprint density at radius 3 is 2.33 bits per heavy atom. The van der Waals surface area contributed by atoms with E-state index in [1.165, 1.54) is 0 Å². The van der Waals surface area contributed by atoms with E-state index in [0.29, 0.717) is 12.2 Å². The predicted octanol–water partition coefficient (Wildman–Crippen LogP) is 3.09. The maximum Gasteiger partial charge on any atom is 0.321 e. The number of carbonyl (C=O) groups excluding carboxylic acids is 2. The van der Waals surface area contributed by atoms with Crippen LogP contribution in [-0.2, 0) is 11.3 Å². The van der Waals surface area contributed by atoms with E-state index in [2.05, 4.69) is 15.6 Å². The lowest BCUT2D eigenvalue weighted by Gasteiger charge is -2.17. The van der Waals surface area contributed by atoms with Crippen molar-refractivity contribution < 1.29 is 9.59 Å². The summed E-state index contributed by atoms with van der Waals surface area (Å²) < 4.78 is 0. The Bertz CT molecular complexity index is 712. The van der Waals surface area contributed by atoms with Crippen LogP contribution in [0.15, 0.2) is 48.7 Å². The van der Waals surface area contributed by atoms with Gasteiger partial charge in [0.2, 0.25) is 5.91 Å². The van der Waals surface area contributed by atoms with Crippen molar-refractivity contribution in [3.05, 3.63) is 54.4 Å². The standard InChI is InChI=1S/C18H20N4O2/c1-22(12-16-4-2-3-11-19-16)18(24)21-15-9-7-14(8-10-15)20-17(23)13-5-6-13/h2-4,7-11,13H,5-6,12H2,1H3,(H,20,23)(H,21,24). The van der Waals surface area contributed by atoms with Crippen LogP contribution in [-0.4, -0.2) is 28.9 Å². The van der Waals surface area contributed by atoms with Gasteiger partial charge < -0.3 is 15.5 Å². The first-order chi connectivity index (χ1) is 11.6. The highest BCUT2D eigenvalue weighted by Gasteiger charge is 2.29. The first kappa shape index (κ1) is 16.0. The maximum atomic E-state index is 12.2. The van der Waals surface area contributed by atoms with Gasteiger partial charge in [0.15, 0.2) is 0 Å². The molecule has 0 spiro atoms. The van der Waals surface area contributed by atoms with Gasteiger partial charge >= 0.3 is 6.03 Å². The summed E-state index contributed by atoms with van der Waals surface area (Å²) in [7, 11) is 1.72. The van der Waals surface area contributed by atoms with Gasteiger partial charge in [0.1, 0.15) is 0 Å². The largest absolute Gasteiger partial charge is 0.326 e. The Labute approximate surface area is 140 Å². The molecule has 0 aliphatic heterocycles. The minimum atomic E-state index is -0.213. The Morgan fingerprint density at radius 2 is 1.75 bits per heavy atom. The molecule has 0 unspecified atom stereocenters. The molecule has 1 aliphatic rings. The smallest absolute Gasteiger partial charge is 0.321 e. The number of amides is 3. The molecule has 3 rings (SSSR count). The van der Waals surface area contributed by atoms with E-state index in [9.17, 15) is 9.59 Å². The van der Waals surface area contributed by atoms with Gasteiger partial charge in [0, 0.05) is 30.5 Å². The Balaban J connectivity index is 1.52. The summed E-state index contributed by atoms with van der Waals surface area (Å²) in [5, 5.41) is 5.69. The van der Waals surface area contributed by atoms with Crippen molar-refractivity contribution in [2.24, 2.45) is 5.92 Å². The quantitative estimate of drug-likeness (QED) is 0.887. The molecular formula is C18H20N4O2. The number of benzene rings is 1. The maximum absolute atomic E-state index is 12.2. The third-order valence-corrected chi connectivity index (χ3v) is 3.82. The fraction of sp³-hybridized carbons (Fsp3) is 0.278. The van der Waals surface area contributed by atoms with Crippen LogP contribution < -0.4 is 10.6 Å². The summed E-state index contributed by atoms with van der Waals surface area (Å²) >= 11 is 0. The number of nitrogens with zero attached hydrogens (tertiary/aromatic N) is 2. The molecule has 0 atom stereocenters. The highest BCUT2D eigenvalue weighted by molar-refractivity contribution is 5.94. The molecule has 6 nitrogen and oxygen atoms in total. The van der Waals surface area contributed by atoms with Gasteiger partial charge in [-0.1, -0.05) is 6.07 Å². The molecule has 0 saturated heterocycles. The Morgan fingerprint density at radius 1 is 1.08 bits per heavy atom. The van der Waals surface area contributed by atoms with E-state index in [1.807, 2.05) is 18.2 Å². The summed E-state index contributed by atoms with van der Waals surface area (Å²) in [6, 6.07) is 12.5. The van der Waals surface area contributed by atoms with Crippen LogP contribution in [0.1, 0.15) is 18.5 Å². The van der Waals surface area contributed by atoms with E-state index in [-0.39, 0.29) is 17.9 Å². The number of aromatic nitrogens is 1. The van der Waals surface area contributed by atoms with Crippen LogP contribution in [0.5, 0.6) is 0 Å². The van der Waals surface area contributed by atoms with Gasteiger partial charge in [-0.15, -0.1) is 0 Å². The van der Waals surface area contributed by atoms with Crippen molar-refractivity contribution in [3.8, 4) is 0 Å². The molecule has 3 amide bonds. The highest BCUT2D eigenvalue weighted by atomic mass is 16.2. The van der Waals surface area contributed by atoms with E-state index < -0.39 is 0 Å². The molecule has 2 aromatic rings. The zero-order chi connectivity index (χ0) is 16.9. The third-order valence-electron chi connectivity index (χ3n) is 3.82. The van der Waals surface area contributed by atoms with Crippen molar-refractivity contribution in [3.63, 3.8) is 0 Å². The van der Waals surface area contributed by atoms with Crippen LogP contribution in [0.25, 0.3) is 0 Å². The molecule has 0 radical (unpaired) electrons. The lowest BCUT2D eigenvalue weighted by molar-refractivity contribution is -0.117. The summed E-state index contributed by atoms with van der Waals surface area (Å²) in [5.74, 6) is 0.242. The number of rotatable bonds is 5. The lowest BCUT2D eigenvalue weighted by atomic mass is 10.2. The van der Waals surface area contributed by atoms with E-state index in [1.54, 1.807) is 42.4 Å². The van der Waals surface area contributed by atoms with Gasteiger partial charge in [-0.3, -0.25) is 9.78 Å². The zero-order valence-electron chi connectivity index (χ0n) is 13.5. The fourth-order valence-corrected chi connectivity index (χ4v) is 2.25. The molecule has 1 fully saturated rings. The monoisotopic (exact) mass is 324 g/mol. The Hall–Kier alpha value is -2.89. The molecule has 1 aromatic heterocycles. The van der Waals surface area contributed by atoms with Crippen molar-refractivity contribution in [2.45, 2.75) is 19.4 Å². The van der Waals surface area contributed by atoms with Crippen LogP contribution in [0.3, 0.4) is 0 Å². The molecule has 2 N–H and O–H groups in total. The molecule has 1 aliphatic carbocycles. The van der Waals surface area contributed by atoms with Crippen LogP contribution in [0.2, 0.25) is 0 Å². The lowest BCUT2D eigenvalue weighted by Crippen LogP contribution is -2.31. The number of hydrogen-bond acceptors (Lipinski definition) is 3. The summed E-state index contributed by atoms with van der Waals surface area (Å²) in [5.41, 5.74) is 2.25. The average Bonchev–Trinajstić information content (AvgIpc) is 3.42. The van der Waals surface area contributed by atoms with Crippen LogP contribution in [0.4, 0.5) is 16.2 Å². The molecule has 24 heavy (non-hydrogen) atoms. The number of nitrogens with one attached hydrogen (secondary N) is 2. The summed E-state index contributed by atoms with van der Waals surface area (Å²) in [6.45, 7) is 0.433.